The molecule has 3 heterocycles. The number of morpholine rings is 1. The van der Waals surface area contributed by atoms with E-state index in [0.717, 1.165) is 56.6 Å². The van der Waals surface area contributed by atoms with Crippen LogP contribution in [0.3, 0.4) is 0 Å². The summed E-state index contributed by atoms with van der Waals surface area (Å²) in [4.78, 5) is 26.3. The van der Waals surface area contributed by atoms with Crippen LogP contribution in [0.15, 0.2) is 30.6 Å². The molecule has 1 saturated carbocycles. The largest absolute Gasteiger partial charge is 0.378 e. The first kappa shape index (κ1) is 20.4. The summed E-state index contributed by atoms with van der Waals surface area (Å²) in [5.41, 5.74) is 3.93. The van der Waals surface area contributed by atoms with E-state index >= 15 is 0 Å². The predicted molar refractivity (Wildman–Crippen MR) is 121 cm³/mol. The molecule has 164 valence electrons. The molecule has 7 nitrogen and oxygen atoms in total. The number of rotatable bonds is 4. The Kier molecular flexibility index (Phi) is 6.13. The van der Waals surface area contributed by atoms with E-state index in [0.29, 0.717) is 18.9 Å². The number of carbonyl (C=O) groups excluding carboxylic acids is 1. The van der Waals surface area contributed by atoms with Gasteiger partial charge in [0, 0.05) is 37.9 Å². The minimum absolute atomic E-state index is 0.220. The lowest BCUT2D eigenvalue weighted by Crippen LogP contribution is -2.36. The summed E-state index contributed by atoms with van der Waals surface area (Å²) < 4.78 is 5.37. The molecule has 0 bridgehead atoms. The summed E-state index contributed by atoms with van der Waals surface area (Å²) >= 11 is 0. The minimum atomic E-state index is -0.220. The van der Waals surface area contributed by atoms with Crippen LogP contribution < -0.4 is 10.2 Å². The lowest BCUT2D eigenvalue weighted by Gasteiger charge is -2.27. The van der Waals surface area contributed by atoms with Gasteiger partial charge in [0.1, 0.15) is 11.5 Å². The second-order valence-electron chi connectivity index (χ2n) is 8.77. The first-order valence-corrected chi connectivity index (χ1v) is 11.6. The van der Waals surface area contributed by atoms with Crippen LogP contribution in [-0.2, 0) is 17.6 Å². The fourth-order valence-corrected chi connectivity index (χ4v) is 5.04. The summed E-state index contributed by atoms with van der Waals surface area (Å²) in [6, 6.07) is 7.10. The second kappa shape index (κ2) is 9.32. The van der Waals surface area contributed by atoms with Crippen LogP contribution >= 0.6 is 0 Å². The van der Waals surface area contributed by atoms with Gasteiger partial charge in [0.2, 0.25) is 0 Å². The zero-order chi connectivity index (χ0) is 21.0. The molecule has 1 amide bonds. The highest BCUT2D eigenvalue weighted by Gasteiger charge is 2.24. The third-order valence-electron chi connectivity index (χ3n) is 6.85. The van der Waals surface area contributed by atoms with Crippen molar-refractivity contribution in [3.05, 3.63) is 47.4 Å². The molecule has 0 atom stereocenters. The smallest absolute Gasteiger partial charge is 0.275 e. The van der Waals surface area contributed by atoms with Gasteiger partial charge in [0.05, 0.1) is 25.6 Å². The number of hydrogen-bond acceptors (Lipinski definition) is 6. The highest BCUT2D eigenvalue weighted by Crippen LogP contribution is 2.27. The molecular formula is C24H31N5O2. The number of carbonyl (C=O) groups is 1. The van der Waals surface area contributed by atoms with Gasteiger partial charge in [-0.15, -0.1) is 0 Å². The molecule has 0 unspecified atom stereocenters. The molecule has 1 aromatic carbocycles. The Morgan fingerprint density at radius 1 is 0.968 bits per heavy atom. The summed E-state index contributed by atoms with van der Waals surface area (Å²) in [6.45, 7) is 5.25. The van der Waals surface area contributed by atoms with Gasteiger partial charge in [0.25, 0.3) is 5.91 Å². The highest BCUT2D eigenvalue weighted by molar-refractivity contribution is 6.02. The number of hydrogen-bond donors (Lipinski definition) is 1. The summed E-state index contributed by atoms with van der Waals surface area (Å²) in [5, 5.41) is 3.01. The van der Waals surface area contributed by atoms with E-state index < -0.39 is 0 Å². The van der Waals surface area contributed by atoms with Crippen LogP contribution in [0, 0.1) is 0 Å². The molecule has 1 aromatic heterocycles. The van der Waals surface area contributed by atoms with Crippen LogP contribution in [0.5, 0.6) is 0 Å². The number of ether oxygens (including phenoxy) is 1. The number of aromatic nitrogens is 2. The molecule has 5 rings (SSSR count). The number of nitrogens with zero attached hydrogens (tertiary/aromatic N) is 4. The van der Waals surface area contributed by atoms with Gasteiger partial charge < -0.3 is 15.0 Å². The van der Waals surface area contributed by atoms with Gasteiger partial charge in [-0.05, 0) is 48.9 Å². The molecule has 31 heavy (non-hydrogen) atoms. The molecule has 2 aromatic rings. The van der Waals surface area contributed by atoms with Crippen molar-refractivity contribution in [1.29, 1.82) is 0 Å². The molecule has 2 aliphatic heterocycles. The Labute approximate surface area is 183 Å². The van der Waals surface area contributed by atoms with Crippen molar-refractivity contribution in [2.45, 2.75) is 44.6 Å². The van der Waals surface area contributed by atoms with Crippen LogP contribution in [0.25, 0.3) is 0 Å². The van der Waals surface area contributed by atoms with Gasteiger partial charge >= 0.3 is 0 Å². The Hall–Kier alpha value is -2.51. The number of amides is 1. The van der Waals surface area contributed by atoms with Crippen molar-refractivity contribution >= 4 is 17.4 Å². The number of benzene rings is 1. The van der Waals surface area contributed by atoms with Crippen LogP contribution in [0.1, 0.15) is 47.3 Å². The number of anilines is 2. The Balaban J connectivity index is 1.22. The van der Waals surface area contributed by atoms with Gasteiger partial charge in [-0.25, -0.2) is 9.97 Å². The van der Waals surface area contributed by atoms with Crippen LogP contribution in [0.2, 0.25) is 0 Å². The van der Waals surface area contributed by atoms with Crippen molar-refractivity contribution in [3.63, 3.8) is 0 Å². The topological polar surface area (TPSA) is 70.6 Å². The Morgan fingerprint density at radius 3 is 2.48 bits per heavy atom. The van der Waals surface area contributed by atoms with E-state index in [4.69, 9.17) is 4.74 Å². The fraction of sp³-hybridized carbons (Fsp3) is 0.542. The van der Waals surface area contributed by atoms with E-state index in [1.54, 1.807) is 12.4 Å². The van der Waals surface area contributed by atoms with Gasteiger partial charge in [-0.2, -0.15) is 0 Å². The minimum Gasteiger partial charge on any atom is -0.378 e. The maximum atomic E-state index is 12.7. The lowest BCUT2D eigenvalue weighted by molar-refractivity contribution is 0.102. The van der Waals surface area contributed by atoms with E-state index in [-0.39, 0.29) is 5.91 Å². The van der Waals surface area contributed by atoms with Crippen molar-refractivity contribution < 1.29 is 9.53 Å². The third-order valence-corrected chi connectivity index (χ3v) is 6.85. The molecule has 3 aliphatic rings. The van der Waals surface area contributed by atoms with Crippen molar-refractivity contribution in [2.24, 2.45) is 0 Å². The molecule has 7 heteroatoms. The molecule has 1 saturated heterocycles. The predicted octanol–water partition coefficient (Wildman–Crippen LogP) is 2.91. The Bertz CT molecular complexity index is 905. The van der Waals surface area contributed by atoms with Gasteiger partial charge in [0.15, 0.2) is 0 Å². The first-order valence-electron chi connectivity index (χ1n) is 11.6. The summed E-state index contributed by atoms with van der Waals surface area (Å²) in [5.74, 6) is 0.568. The summed E-state index contributed by atoms with van der Waals surface area (Å²) in [7, 11) is 0. The average Bonchev–Trinajstić information content (AvgIpc) is 3.27. The quantitative estimate of drug-likeness (QED) is 0.819. The van der Waals surface area contributed by atoms with E-state index in [1.807, 2.05) is 6.07 Å². The van der Waals surface area contributed by atoms with Crippen LogP contribution in [-0.4, -0.2) is 66.2 Å². The molecule has 0 spiro atoms. The van der Waals surface area contributed by atoms with Crippen LogP contribution in [0.4, 0.5) is 11.5 Å². The fourth-order valence-electron chi connectivity index (χ4n) is 5.04. The normalized spacial score (nSPS) is 20.3. The van der Waals surface area contributed by atoms with Gasteiger partial charge in [-0.1, -0.05) is 18.9 Å². The first-order chi connectivity index (χ1) is 15.3. The SMILES string of the molecule is O=C(Nc1ccc2c(c1)CCN(C1CCCC1)CC2)c1cnc(N2CCOCC2)cn1. The molecule has 1 N–H and O–H groups in total. The average molecular weight is 422 g/mol. The zero-order valence-corrected chi connectivity index (χ0v) is 18.1. The van der Waals surface area contributed by atoms with Crippen molar-refractivity contribution in [3.8, 4) is 0 Å². The Morgan fingerprint density at radius 2 is 1.74 bits per heavy atom. The highest BCUT2D eigenvalue weighted by atomic mass is 16.5. The lowest BCUT2D eigenvalue weighted by atomic mass is 10.0. The van der Waals surface area contributed by atoms with Gasteiger partial charge in [-0.3, -0.25) is 9.69 Å². The van der Waals surface area contributed by atoms with Crippen molar-refractivity contribution in [2.75, 3.05) is 49.6 Å². The van der Waals surface area contributed by atoms with E-state index in [9.17, 15) is 4.79 Å². The van der Waals surface area contributed by atoms with E-state index in [2.05, 4.69) is 37.2 Å². The monoisotopic (exact) mass is 421 g/mol. The third kappa shape index (κ3) is 4.72. The number of fused-ring (bicyclic) bond motifs is 1. The molecular weight excluding hydrogens is 390 g/mol. The standard InChI is InChI=1S/C24H31N5O2/c30-24(22-16-26-23(17-25-22)29-11-13-31-14-12-29)27-20-6-5-18-7-9-28(10-8-19(18)15-20)21-3-1-2-4-21/h5-6,15-17,21H,1-4,7-14H2,(H,27,30). The maximum absolute atomic E-state index is 12.7. The molecule has 0 radical (unpaired) electrons. The zero-order valence-electron chi connectivity index (χ0n) is 18.1. The second-order valence-corrected chi connectivity index (χ2v) is 8.77. The number of nitrogens with one attached hydrogen (secondary N) is 1. The van der Waals surface area contributed by atoms with Crippen molar-refractivity contribution in [1.82, 2.24) is 14.9 Å². The summed E-state index contributed by atoms with van der Waals surface area (Å²) in [6.07, 6.45) is 10.8. The maximum Gasteiger partial charge on any atom is 0.275 e. The van der Waals surface area contributed by atoms with E-state index in [1.165, 1.54) is 36.8 Å². The molecule has 1 aliphatic carbocycles. The molecule has 2 fully saturated rings.